The average Bonchev–Trinajstić information content (AvgIpc) is 3.06. The molecule has 1 aromatic carbocycles. The molecule has 2 unspecified atom stereocenters. The normalized spacial score (nSPS) is 21.4. The number of oxime groups is 1. The van der Waals surface area contributed by atoms with E-state index in [1.807, 2.05) is 36.6 Å². The monoisotopic (exact) mass is 289 g/mol. The predicted octanol–water partition coefficient (Wildman–Crippen LogP) is 2.59. The molecule has 0 saturated heterocycles. The molecule has 0 amide bonds. The van der Waals surface area contributed by atoms with Crippen LogP contribution in [0, 0.1) is 0 Å². The van der Waals surface area contributed by atoms with Gasteiger partial charge in [0.15, 0.2) is 6.23 Å². The molecule has 0 radical (unpaired) electrons. The van der Waals surface area contributed by atoms with Crippen LogP contribution < -0.4 is 10.5 Å². The maximum absolute atomic E-state index is 5.90. The summed E-state index contributed by atoms with van der Waals surface area (Å²) in [6.07, 6.45) is -0.440. The zero-order valence-corrected chi connectivity index (χ0v) is 12.1. The van der Waals surface area contributed by atoms with E-state index in [0.717, 1.165) is 27.7 Å². The minimum absolute atomic E-state index is 0.0491. The van der Waals surface area contributed by atoms with Crippen molar-refractivity contribution in [3.8, 4) is 17.0 Å². The van der Waals surface area contributed by atoms with Gasteiger partial charge in [-0.15, -0.1) is 11.3 Å². The van der Waals surface area contributed by atoms with E-state index < -0.39 is 6.23 Å². The van der Waals surface area contributed by atoms with E-state index in [0.29, 0.717) is 0 Å². The van der Waals surface area contributed by atoms with Gasteiger partial charge in [-0.1, -0.05) is 5.16 Å². The van der Waals surface area contributed by atoms with Crippen LogP contribution in [0.25, 0.3) is 11.3 Å². The van der Waals surface area contributed by atoms with Gasteiger partial charge in [0.05, 0.1) is 18.5 Å². The Labute approximate surface area is 121 Å². The largest absolute Gasteiger partial charge is 0.497 e. The molecule has 1 aliphatic rings. The number of benzene rings is 1. The van der Waals surface area contributed by atoms with E-state index in [1.165, 1.54) is 0 Å². The first-order chi connectivity index (χ1) is 9.69. The summed E-state index contributed by atoms with van der Waals surface area (Å²) in [5, 5.41) is 6.88. The van der Waals surface area contributed by atoms with E-state index in [1.54, 1.807) is 18.4 Å². The van der Waals surface area contributed by atoms with E-state index in [4.69, 9.17) is 15.3 Å². The molecular formula is C14H15N3O2S. The molecular weight excluding hydrogens is 274 g/mol. The zero-order valence-electron chi connectivity index (χ0n) is 11.2. The summed E-state index contributed by atoms with van der Waals surface area (Å²) in [6, 6.07) is 7.82. The highest BCUT2D eigenvalue weighted by Crippen LogP contribution is 2.32. The minimum Gasteiger partial charge on any atom is -0.497 e. The maximum atomic E-state index is 5.90. The molecule has 104 valence electrons. The number of thiazole rings is 1. The van der Waals surface area contributed by atoms with Gasteiger partial charge in [0.2, 0.25) is 0 Å². The highest BCUT2D eigenvalue weighted by molar-refractivity contribution is 7.10. The molecule has 0 bridgehead atoms. The molecule has 1 aromatic heterocycles. The van der Waals surface area contributed by atoms with Crippen LogP contribution in [0.3, 0.4) is 0 Å². The number of nitrogens with two attached hydrogens (primary N) is 1. The van der Waals surface area contributed by atoms with Crippen LogP contribution in [0.15, 0.2) is 34.8 Å². The molecule has 2 heterocycles. The van der Waals surface area contributed by atoms with Crippen molar-refractivity contribution in [2.75, 3.05) is 7.11 Å². The molecule has 0 saturated carbocycles. The molecule has 0 fully saturated rings. The average molecular weight is 289 g/mol. The second-order valence-electron chi connectivity index (χ2n) is 4.58. The highest BCUT2D eigenvalue weighted by atomic mass is 32.1. The Hall–Kier alpha value is -1.92. The van der Waals surface area contributed by atoms with Crippen LogP contribution in [0.5, 0.6) is 5.75 Å². The lowest BCUT2D eigenvalue weighted by Crippen LogP contribution is -2.28. The lowest BCUT2D eigenvalue weighted by Gasteiger charge is -2.09. The summed E-state index contributed by atoms with van der Waals surface area (Å²) in [6.45, 7) is 1.91. The van der Waals surface area contributed by atoms with E-state index in [-0.39, 0.29) is 5.92 Å². The molecule has 2 atom stereocenters. The summed E-state index contributed by atoms with van der Waals surface area (Å²) in [5.74, 6) is 0.783. The molecule has 20 heavy (non-hydrogen) atoms. The summed E-state index contributed by atoms with van der Waals surface area (Å²) >= 11 is 1.58. The SMILES string of the molecule is COc1ccc(-c2csc(C3C(C)=NOC3N)n2)cc1. The Balaban J connectivity index is 1.88. The molecule has 2 N–H and O–H groups in total. The van der Waals surface area contributed by atoms with Crippen molar-refractivity contribution in [2.45, 2.75) is 19.1 Å². The van der Waals surface area contributed by atoms with Crippen LogP contribution in [-0.2, 0) is 4.84 Å². The van der Waals surface area contributed by atoms with Crippen molar-refractivity contribution in [3.63, 3.8) is 0 Å². The molecule has 6 heteroatoms. The van der Waals surface area contributed by atoms with Crippen LogP contribution >= 0.6 is 11.3 Å². The van der Waals surface area contributed by atoms with Crippen molar-refractivity contribution < 1.29 is 9.57 Å². The van der Waals surface area contributed by atoms with Crippen molar-refractivity contribution in [2.24, 2.45) is 10.9 Å². The fourth-order valence-electron chi connectivity index (χ4n) is 2.14. The fraction of sp³-hybridized carbons (Fsp3) is 0.286. The Morgan fingerprint density at radius 1 is 1.30 bits per heavy atom. The van der Waals surface area contributed by atoms with E-state index in [2.05, 4.69) is 10.1 Å². The van der Waals surface area contributed by atoms with Crippen molar-refractivity contribution in [1.82, 2.24) is 4.98 Å². The van der Waals surface area contributed by atoms with Gasteiger partial charge in [-0.05, 0) is 31.2 Å². The topological polar surface area (TPSA) is 69.7 Å². The number of nitrogens with zero attached hydrogens (tertiary/aromatic N) is 2. The third-order valence-electron chi connectivity index (χ3n) is 3.27. The zero-order chi connectivity index (χ0) is 14.1. The molecule has 3 rings (SSSR count). The molecule has 0 aliphatic carbocycles. The van der Waals surface area contributed by atoms with Gasteiger partial charge < -0.3 is 9.57 Å². The van der Waals surface area contributed by atoms with Crippen molar-refractivity contribution in [3.05, 3.63) is 34.7 Å². The lowest BCUT2D eigenvalue weighted by atomic mass is 10.0. The Kier molecular flexibility index (Phi) is 3.42. The number of hydrogen-bond donors (Lipinski definition) is 1. The maximum Gasteiger partial charge on any atom is 0.190 e. The van der Waals surface area contributed by atoms with Crippen molar-refractivity contribution >= 4 is 17.0 Å². The van der Waals surface area contributed by atoms with E-state index >= 15 is 0 Å². The first-order valence-corrected chi connectivity index (χ1v) is 7.13. The van der Waals surface area contributed by atoms with Crippen LogP contribution in [0.2, 0.25) is 0 Å². The minimum atomic E-state index is -0.440. The summed E-state index contributed by atoms with van der Waals surface area (Å²) < 4.78 is 5.15. The van der Waals surface area contributed by atoms with Gasteiger partial charge in [-0.2, -0.15) is 0 Å². The highest BCUT2D eigenvalue weighted by Gasteiger charge is 2.32. The van der Waals surface area contributed by atoms with Gasteiger partial charge in [0.25, 0.3) is 0 Å². The molecule has 1 aliphatic heterocycles. The number of ether oxygens (including phenoxy) is 1. The summed E-state index contributed by atoms with van der Waals surface area (Å²) in [4.78, 5) is 9.75. The van der Waals surface area contributed by atoms with Crippen LogP contribution in [0.4, 0.5) is 0 Å². The smallest absolute Gasteiger partial charge is 0.190 e. The second-order valence-corrected chi connectivity index (χ2v) is 5.47. The van der Waals surface area contributed by atoms with Gasteiger partial charge in [-0.3, -0.25) is 5.73 Å². The van der Waals surface area contributed by atoms with Gasteiger partial charge >= 0.3 is 0 Å². The molecule has 2 aromatic rings. The van der Waals surface area contributed by atoms with Gasteiger partial charge in [0, 0.05) is 10.9 Å². The van der Waals surface area contributed by atoms with Crippen molar-refractivity contribution in [1.29, 1.82) is 0 Å². The Bertz CT molecular complexity index is 636. The Morgan fingerprint density at radius 2 is 2.05 bits per heavy atom. The standard InChI is InChI=1S/C14H15N3O2S/c1-8-12(13(15)19-17-8)14-16-11(7-20-14)9-3-5-10(18-2)6-4-9/h3-7,12-13H,15H2,1-2H3. The predicted molar refractivity (Wildman–Crippen MR) is 79.0 cm³/mol. The molecule has 0 spiro atoms. The van der Waals surface area contributed by atoms with Gasteiger partial charge in [0.1, 0.15) is 16.7 Å². The number of methoxy groups -OCH3 is 1. The third-order valence-corrected chi connectivity index (χ3v) is 4.20. The number of hydrogen-bond acceptors (Lipinski definition) is 6. The van der Waals surface area contributed by atoms with Crippen LogP contribution in [-0.4, -0.2) is 24.0 Å². The quantitative estimate of drug-likeness (QED) is 0.943. The lowest BCUT2D eigenvalue weighted by molar-refractivity contribution is 0.0814. The molecule has 5 nitrogen and oxygen atoms in total. The first kappa shape index (κ1) is 13.1. The fourth-order valence-corrected chi connectivity index (χ4v) is 3.17. The number of aromatic nitrogens is 1. The summed E-state index contributed by atoms with van der Waals surface area (Å²) in [5.41, 5.74) is 8.75. The third kappa shape index (κ3) is 2.28. The second kappa shape index (κ2) is 5.22. The van der Waals surface area contributed by atoms with Crippen LogP contribution in [0.1, 0.15) is 17.8 Å². The first-order valence-electron chi connectivity index (χ1n) is 6.25. The van der Waals surface area contributed by atoms with E-state index in [9.17, 15) is 0 Å². The summed E-state index contributed by atoms with van der Waals surface area (Å²) in [7, 11) is 1.65. The van der Waals surface area contributed by atoms with Gasteiger partial charge in [-0.25, -0.2) is 4.98 Å². The number of rotatable bonds is 3. The Morgan fingerprint density at radius 3 is 2.65 bits per heavy atom.